The monoisotopic (exact) mass is 301 g/mol. The van der Waals surface area contributed by atoms with E-state index in [4.69, 9.17) is 9.15 Å². The van der Waals surface area contributed by atoms with Crippen LogP contribution in [0, 0.1) is 5.92 Å². The van der Waals surface area contributed by atoms with Crippen LogP contribution in [0.5, 0.6) is 5.75 Å². The number of fused-ring (bicyclic) bond motifs is 1. The molecular formula is C17H23N3O2. The Labute approximate surface area is 131 Å². The molecule has 0 amide bonds. The van der Waals surface area contributed by atoms with Crippen LogP contribution in [0.15, 0.2) is 28.7 Å². The van der Waals surface area contributed by atoms with Crippen molar-refractivity contribution in [2.45, 2.75) is 32.7 Å². The van der Waals surface area contributed by atoms with Crippen molar-refractivity contribution < 1.29 is 9.15 Å². The van der Waals surface area contributed by atoms with Gasteiger partial charge in [0.15, 0.2) is 0 Å². The summed E-state index contributed by atoms with van der Waals surface area (Å²) in [4.78, 5) is 2.26. The summed E-state index contributed by atoms with van der Waals surface area (Å²) in [6, 6.07) is 8.34. The van der Waals surface area contributed by atoms with E-state index in [1.807, 2.05) is 13.0 Å². The third-order valence-electron chi connectivity index (χ3n) is 4.05. The molecule has 0 bridgehead atoms. The molecule has 0 aliphatic carbocycles. The quantitative estimate of drug-likeness (QED) is 0.850. The van der Waals surface area contributed by atoms with Crippen LogP contribution in [0.25, 0.3) is 0 Å². The number of hydrogen-bond acceptors (Lipinski definition) is 5. The number of ether oxygens (including phenoxy) is 1. The van der Waals surface area contributed by atoms with E-state index in [0.29, 0.717) is 24.2 Å². The predicted octanol–water partition coefficient (Wildman–Crippen LogP) is 2.71. The van der Waals surface area contributed by atoms with Crippen molar-refractivity contribution in [2.24, 2.45) is 5.92 Å². The van der Waals surface area contributed by atoms with Gasteiger partial charge in [0.25, 0.3) is 0 Å². The Balaban J connectivity index is 1.58. The van der Waals surface area contributed by atoms with E-state index >= 15 is 0 Å². The number of benzene rings is 1. The van der Waals surface area contributed by atoms with E-state index in [2.05, 4.69) is 40.3 Å². The molecule has 1 atom stereocenters. The lowest BCUT2D eigenvalue weighted by Gasteiger charge is -2.21. The number of rotatable bonds is 5. The molecule has 0 spiro atoms. The molecule has 0 radical (unpaired) electrons. The van der Waals surface area contributed by atoms with E-state index in [1.165, 1.54) is 5.56 Å². The first kappa shape index (κ1) is 15.0. The van der Waals surface area contributed by atoms with Gasteiger partial charge >= 0.3 is 0 Å². The topological polar surface area (TPSA) is 51.4 Å². The minimum atomic E-state index is 0.585. The normalized spacial score (nSPS) is 17.9. The van der Waals surface area contributed by atoms with Crippen LogP contribution in [0.4, 0.5) is 0 Å². The van der Waals surface area contributed by atoms with Gasteiger partial charge in [-0.3, -0.25) is 4.90 Å². The molecule has 1 aliphatic rings. The van der Waals surface area contributed by atoms with E-state index in [-0.39, 0.29) is 0 Å². The largest absolute Gasteiger partial charge is 0.493 e. The third kappa shape index (κ3) is 3.65. The van der Waals surface area contributed by atoms with Gasteiger partial charge in [-0.15, -0.1) is 10.2 Å². The zero-order valence-electron chi connectivity index (χ0n) is 13.3. The van der Waals surface area contributed by atoms with Crippen molar-refractivity contribution in [2.75, 3.05) is 20.2 Å². The Kier molecular flexibility index (Phi) is 4.73. The fraction of sp³-hybridized carbons (Fsp3) is 0.529. The van der Waals surface area contributed by atoms with Crippen LogP contribution in [0.3, 0.4) is 0 Å². The molecular weight excluding hydrogens is 278 g/mol. The summed E-state index contributed by atoms with van der Waals surface area (Å²) in [5.74, 6) is 3.03. The second-order valence-corrected chi connectivity index (χ2v) is 5.95. The van der Waals surface area contributed by atoms with Crippen LogP contribution in [-0.4, -0.2) is 35.3 Å². The number of para-hydroxylation sites is 1. The molecule has 1 aromatic carbocycles. The zero-order chi connectivity index (χ0) is 15.4. The smallest absolute Gasteiger partial charge is 0.230 e. The van der Waals surface area contributed by atoms with Gasteiger partial charge < -0.3 is 9.15 Å². The number of aryl methyl sites for hydroxylation is 1. The van der Waals surface area contributed by atoms with Gasteiger partial charge in [-0.1, -0.05) is 25.1 Å². The maximum Gasteiger partial charge on any atom is 0.230 e. The van der Waals surface area contributed by atoms with Gasteiger partial charge in [0.1, 0.15) is 5.75 Å². The van der Waals surface area contributed by atoms with Crippen molar-refractivity contribution in [3.8, 4) is 5.75 Å². The van der Waals surface area contributed by atoms with Crippen molar-refractivity contribution >= 4 is 0 Å². The molecule has 2 heterocycles. The fourth-order valence-electron chi connectivity index (χ4n) is 2.95. The molecule has 1 aromatic heterocycles. The number of nitrogens with zero attached hydrogens (tertiary/aromatic N) is 3. The Hall–Kier alpha value is -1.88. The average molecular weight is 301 g/mol. The summed E-state index contributed by atoms with van der Waals surface area (Å²) in [5, 5.41) is 8.11. The summed E-state index contributed by atoms with van der Waals surface area (Å²) in [6.07, 6.45) is 2.92. The fourth-order valence-corrected chi connectivity index (χ4v) is 2.95. The van der Waals surface area contributed by atoms with Crippen molar-refractivity contribution in [3.63, 3.8) is 0 Å². The summed E-state index contributed by atoms with van der Waals surface area (Å²) >= 11 is 0. The molecule has 0 fully saturated rings. The zero-order valence-corrected chi connectivity index (χ0v) is 13.3. The van der Waals surface area contributed by atoms with Crippen LogP contribution in [0.1, 0.15) is 30.7 Å². The second kappa shape index (κ2) is 6.92. The van der Waals surface area contributed by atoms with E-state index in [1.54, 1.807) is 0 Å². The van der Waals surface area contributed by atoms with Gasteiger partial charge in [0.2, 0.25) is 11.8 Å². The van der Waals surface area contributed by atoms with Crippen LogP contribution in [0.2, 0.25) is 0 Å². The van der Waals surface area contributed by atoms with Gasteiger partial charge in [-0.25, -0.2) is 0 Å². The standard InChI is InChI=1S/C17H23N3O2/c1-3-16-18-19-17(22-16)12-20(2)11-13-8-9-21-15-7-5-4-6-14(15)10-13/h4-7,13H,3,8-12H2,1-2H3/t13-/m0/s1. The predicted molar refractivity (Wildman–Crippen MR) is 83.8 cm³/mol. The lowest BCUT2D eigenvalue weighted by molar-refractivity contribution is 0.220. The van der Waals surface area contributed by atoms with E-state index in [0.717, 1.165) is 38.2 Å². The average Bonchev–Trinajstić information content (AvgIpc) is 2.86. The minimum absolute atomic E-state index is 0.585. The minimum Gasteiger partial charge on any atom is -0.493 e. The first-order valence-electron chi connectivity index (χ1n) is 7.95. The lowest BCUT2D eigenvalue weighted by Crippen LogP contribution is -2.27. The Morgan fingerprint density at radius 3 is 2.86 bits per heavy atom. The maximum absolute atomic E-state index is 5.84. The molecule has 0 unspecified atom stereocenters. The third-order valence-corrected chi connectivity index (χ3v) is 4.05. The molecule has 5 heteroatoms. The Morgan fingerprint density at radius 2 is 2.05 bits per heavy atom. The van der Waals surface area contributed by atoms with Crippen LogP contribution < -0.4 is 4.74 Å². The van der Waals surface area contributed by atoms with Gasteiger partial charge in [0, 0.05) is 13.0 Å². The van der Waals surface area contributed by atoms with Crippen molar-refractivity contribution in [1.29, 1.82) is 0 Å². The van der Waals surface area contributed by atoms with Crippen molar-refractivity contribution in [1.82, 2.24) is 15.1 Å². The van der Waals surface area contributed by atoms with Gasteiger partial charge in [-0.05, 0) is 37.4 Å². The highest BCUT2D eigenvalue weighted by atomic mass is 16.5. The van der Waals surface area contributed by atoms with Crippen LogP contribution >= 0.6 is 0 Å². The van der Waals surface area contributed by atoms with Crippen LogP contribution in [-0.2, 0) is 19.4 Å². The SMILES string of the molecule is CCc1nnc(CN(C)C[C@H]2CCOc3ccccc3C2)o1. The Morgan fingerprint density at radius 1 is 1.23 bits per heavy atom. The maximum atomic E-state index is 5.84. The number of hydrogen-bond donors (Lipinski definition) is 0. The lowest BCUT2D eigenvalue weighted by atomic mass is 9.96. The molecule has 5 nitrogen and oxygen atoms in total. The molecule has 22 heavy (non-hydrogen) atoms. The Bertz CT molecular complexity index is 611. The summed E-state index contributed by atoms with van der Waals surface area (Å²) < 4.78 is 11.4. The summed E-state index contributed by atoms with van der Waals surface area (Å²) in [6.45, 7) is 4.51. The molecule has 118 valence electrons. The van der Waals surface area contributed by atoms with E-state index < -0.39 is 0 Å². The summed E-state index contributed by atoms with van der Waals surface area (Å²) in [5.41, 5.74) is 1.31. The van der Waals surface area contributed by atoms with Gasteiger partial charge in [0.05, 0.1) is 13.2 Å². The molecule has 3 rings (SSSR count). The summed E-state index contributed by atoms with van der Waals surface area (Å²) in [7, 11) is 2.10. The first-order chi connectivity index (χ1) is 10.7. The molecule has 1 aliphatic heterocycles. The van der Waals surface area contributed by atoms with E-state index in [9.17, 15) is 0 Å². The second-order valence-electron chi connectivity index (χ2n) is 5.95. The highest BCUT2D eigenvalue weighted by Gasteiger charge is 2.19. The first-order valence-corrected chi connectivity index (χ1v) is 7.95. The molecule has 0 saturated heterocycles. The molecule has 2 aromatic rings. The highest BCUT2D eigenvalue weighted by molar-refractivity contribution is 5.34. The highest BCUT2D eigenvalue weighted by Crippen LogP contribution is 2.27. The van der Waals surface area contributed by atoms with Crippen molar-refractivity contribution in [3.05, 3.63) is 41.6 Å². The molecule has 0 N–H and O–H groups in total. The number of aromatic nitrogens is 2. The van der Waals surface area contributed by atoms with Gasteiger partial charge in [-0.2, -0.15) is 0 Å². The molecule has 0 saturated carbocycles.